The fourth-order valence-electron chi connectivity index (χ4n) is 3.58. The Balaban J connectivity index is 1.84. The van der Waals surface area contributed by atoms with Crippen molar-refractivity contribution in [2.75, 3.05) is 5.32 Å². The van der Waals surface area contributed by atoms with E-state index in [0.717, 1.165) is 5.69 Å². The highest BCUT2D eigenvalue weighted by Crippen LogP contribution is 2.49. The van der Waals surface area contributed by atoms with Crippen LogP contribution in [0.2, 0.25) is 0 Å². The van der Waals surface area contributed by atoms with Gasteiger partial charge in [0, 0.05) is 11.6 Å². The summed E-state index contributed by atoms with van der Waals surface area (Å²) in [6.45, 7) is 0. The van der Waals surface area contributed by atoms with E-state index < -0.39 is 5.41 Å². The SMILES string of the molecule is O=C1Nc2ccccc2[C@@H]2C=CC=C[C@]12Cc1ccccc1. The summed E-state index contributed by atoms with van der Waals surface area (Å²) in [5, 5.41) is 3.10. The number of anilines is 1. The first kappa shape index (κ1) is 13.1. The van der Waals surface area contributed by atoms with Gasteiger partial charge >= 0.3 is 0 Å². The molecule has 1 aliphatic heterocycles. The average molecular weight is 287 g/mol. The minimum atomic E-state index is -0.537. The first-order chi connectivity index (χ1) is 10.8. The lowest BCUT2D eigenvalue weighted by atomic mass is 9.64. The Morgan fingerprint density at radius 3 is 2.59 bits per heavy atom. The number of benzene rings is 2. The molecule has 22 heavy (non-hydrogen) atoms. The zero-order chi connectivity index (χ0) is 15.0. The lowest BCUT2D eigenvalue weighted by Gasteiger charge is -2.42. The van der Waals surface area contributed by atoms with Crippen molar-refractivity contribution < 1.29 is 4.79 Å². The molecule has 0 bridgehead atoms. The third-order valence-corrected chi connectivity index (χ3v) is 4.67. The third-order valence-electron chi connectivity index (χ3n) is 4.67. The minimum Gasteiger partial charge on any atom is -0.325 e. The van der Waals surface area contributed by atoms with Crippen LogP contribution in [0.3, 0.4) is 0 Å². The van der Waals surface area contributed by atoms with Crippen LogP contribution in [-0.2, 0) is 11.2 Å². The number of hydrogen-bond donors (Lipinski definition) is 1. The van der Waals surface area contributed by atoms with Crippen LogP contribution < -0.4 is 5.32 Å². The van der Waals surface area contributed by atoms with Crippen LogP contribution in [0.25, 0.3) is 0 Å². The van der Waals surface area contributed by atoms with Crippen molar-refractivity contribution in [3.8, 4) is 0 Å². The second-order valence-electron chi connectivity index (χ2n) is 5.97. The Hall–Kier alpha value is -2.61. The van der Waals surface area contributed by atoms with Crippen molar-refractivity contribution in [3.63, 3.8) is 0 Å². The van der Waals surface area contributed by atoms with Gasteiger partial charge < -0.3 is 5.32 Å². The molecule has 0 aromatic heterocycles. The van der Waals surface area contributed by atoms with E-state index in [9.17, 15) is 4.79 Å². The van der Waals surface area contributed by atoms with Crippen molar-refractivity contribution in [2.24, 2.45) is 5.41 Å². The quantitative estimate of drug-likeness (QED) is 0.886. The molecule has 0 fully saturated rings. The zero-order valence-corrected chi connectivity index (χ0v) is 12.2. The molecule has 2 aromatic rings. The van der Waals surface area contributed by atoms with Crippen LogP contribution in [0, 0.1) is 5.41 Å². The predicted octanol–water partition coefficient (Wildman–Crippen LogP) is 4.08. The molecule has 0 unspecified atom stereocenters. The van der Waals surface area contributed by atoms with E-state index in [-0.39, 0.29) is 11.8 Å². The highest BCUT2D eigenvalue weighted by Gasteiger charge is 2.47. The number of carbonyl (C=O) groups is 1. The fraction of sp³-hybridized carbons (Fsp3) is 0.150. The fourth-order valence-corrected chi connectivity index (χ4v) is 3.58. The number of allylic oxidation sites excluding steroid dienone is 3. The largest absolute Gasteiger partial charge is 0.325 e. The summed E-state index contributed by atoms with van der Waals surface area (Å²) in [7, 11) is 0. The van der Waals surface area contributed by atoms with E-state index in [1.165, 1.54) is 11.1 Å². The van der Waals surface area contributed by atoms with E-state index >= 15 is 0 Å². The summed E-state index contributed by atoms with van der Waals surface area (Å²) in [5.41, 5.74) is 2.77. The average Bonchev–Trinajstić information content (AvgIpc) is 2.56. The summed E-state index contributed by atoms with van der Waals surface area (Å²) < 4.78 is 0. The summed E-state index contributed by atoms with van der Waals surface area (Å²) in [4.78, 5) is 12.9. The number of hydrogen-bond acceptors (Lipinski definition) is 1. The monoisotopic (exact) mass is 287 g/mol. The van der Waals surface area contributed by atoms with Crippen molar-refractivity contribution >= 4 is 11.6 Å². The summed E-state index contributed by atoms with van der Waals surface area (Å²) >= 11 is 0. The van der Waals surface area contributed by atoms with Gasteiger partial charge in [0.2, 0.25) is 5.91 Å². The Labute approximate surface area is 130 Å². The zero-order valence-electron chi connectivity index (χ0n) is 12.2. The van der Waals surface area contributed by atoms with Gasteiger partial charge in [0.25, 0.3) is 0 Å². The van der Waals surface area contributed by atoms with Crippen molar-refractivity contribution in [2.45, 2.75) is 12.3 Å². The molecule has 2 aliphatic rings. The molecule has 4 rings (SSSR count). The van der Waals surface area contributed by atoms with Crippen molar-refractivity contribution in [3.05, 3.63) is 90.0 Å². The second-order valence-corrected chi connectivity index (χ2v) is 5.97. The van der Waals surface area contributed by atoms with Gasteiger partial charge in [0.1, 0.15) is 0 Å². The van der Waals surface area contributed by atoms with Crippen LogP contribution in [0.1, 0.15) is 17.0 Å². The molecular weight excluding hydrogens is 270 g/mol. The van der Waals surface area contributed by atoms with E-state index in [0.29, 0.717) is 6.42 Å². The maximum Gasteiger partial charge on any atom is 0.235 e. The molecule has 2 heteroatoms. The van der Waals surface area contributed by atoms with Crippen molar-refractivity contribution in [1.82, 2.24) is 0 Å². The normalized spacial score (nSPS) is 25.3. The molecule has 0 spiro atoms. The van der Waals surface area contributed by atoms with Gasteiger partial charge in [-0.25, -0.2) is 0 Å². The lowest BCUT2D eigenvalue weighted by molar-refractivity contribution is -0.124. The molecule has 1 heterocycles. The van der Waals surface area contributed by atoms with Crippen LogP contribution >= 0.6 is 0 Å². The van der Waals surface area contributed by atoms with Gasteiger partial charge in [-0.1, -0.05) is 72.8 Å². The predicted molar refractivity (Wildman–Crippen MR) is 88.7 cm³/mol. The van der Waals surface area contributed by atoms with Crippen molar-refractivity contribution in [1.29, 1.82) is 0 Å². The molecule has 0 saturated carbocycles. The van der Waals surface area contributed by atoms with Crippen LogP contribution in [0.4, 0.5) is 5.69 Å². The Morgan fingerprint density at radius 2 is 1.73 bits per heavy atom. The van der Waals surface area contributed by atoms with E-state index in [2.05, 4.69) is 35.7 Å². The number of carbonyl (C=O) groups excluding carboxylic acids is 1. The van der Waals surface area contributed by atoms with Crippen LogP contribution in [0.5, 0.6) is 0 Å². The number of rotatable bonds is 2. The van der Waals surface area contributed by atoms with Crippen LogP contribution in [-0.4, -0.2) is 5.91 Å². The summed E-state index contributed by atoms with van der Waals surface area (Å²) in [5.74, 6) is 0.170. The van der Waals surface area contributed by atoms with Gasteiger partial charge in [0.15, 0.2) is 0 Å². The molecule has 2 nitrogen and oxygen atoms in total. The maximum atomic E-state index is 12.9. The van der Waals surface area contributed by atoms with E-state index in [1.807, 2.05) is 48.6 Å². The van der Waals surface area contributed by atoms with Gasteiger partial charge in [-0.2, -0.15) is 0 Å². The molecule has 0 saturated heterocycles. The smallest absolute Gasteiger partial charge is 0.235 e. The minimum absolute atomic E-state index is 0.0839. The van der Waals surface area contributed by atoms with Gasteiger partial charge in [0.05, 0.1) is 5.41 Å². The number of para-hydroxylation sites is 1. The number of amides is 1. The van der Waals surface area contributed by atoms with E-state index in [4.69, 9.17) is 0 Å². The first-order valence-electron chi connectivity index (χ1n) is 7.60. The highest BCUT2D eigenvalue weighted by atomic mass is 16.2. The second kappa shape index (κ2) is 4.99. The summed E-state index contributed by atoms with van der Waals surface area (Å²) in [6, 6.07) is 18.3. The number of nitrogens with one attached hydrogen (secondary N) is 1. The summed E-state index contributed by atoms with van der Waals surface area (Å²) in [6.07, 6.45) is 8.96. The Bertz CT molecular complexity index is 775. The molecular formula is C20H17NO. The van der Waals surface area contributed by atoms with Gasteiger partial charge in [-0.3, -0.25) is 4.79 Å². The van der Waals surface area contributed by atoms with Crippen LogP contribution in [0.15, 0.2) is 78.9 Å². The molecule has 108 valence electrons. The number of fused-ring (bicyclic) bond motifs is 3. The Kier molecular flexibility index (Phi) is 2.97. The standard InChI is InChI=1S/C20H17NO/c22-19-20(14-15-8-2-1-3-9-15)13-7-6-11-17(20)16-10-4-5-12-18(16)21-19/h1-13,17H,14H2,(H,21,22)/t17-,20+/m0/s1. The molecule has 1 amide bonds. The molecule has 1 aliphatic carbocycles. The molecule has 0 radical (unpaired) electrons. The van der Waals surface area contributed by atoms with E-state index in [1.54, 1.807) is 0 Å². The third kappa shape index (κ3) is 1.92. The molecule has 1 N–H and O–H groups in total. The maximum absolute atomic E-state index is 12.9. The molecule has 2 aromatic carbocycles. The van der Waals surface area contributed by atoms with Gasteiger partial charge in [-0.15, -0.1) is 0 Å². The Morgan fingerprint density at radius 1 is 0.955 bits per heavy atom. The highest BCUT2D eigenvalue weighted by molar-refractivity contribution is 6.01. The lowest BCUT2D eigenvalue weighted by Crippen LogP contribution is -2.45. The molecule has 2 atom stereocenters. The first-order valence-corrected chi connectivity index (χ1v) is 7.60. The topological polar surface area (TPSA) is 29.1 Å². The van der Waals surface area contributed by atoms with Gasteiger partial charge in [-0.05, 0) is 23.6 Å².